The van der Waals surface area contributed by atoms with Gasteiger partial charge in [-0.2, -0.15) is 0 Å². The molecule has 0 spiro atoms. The number of nitrogens with zero attached hydrogens (tertiary/aromatic N) is 2. The molecule has 0 aliphatic carbocycles. The Balaban J connectivity index is 1.79. The van der Waals surface area contributed by atoms with Crippen molar-refractivity contribution in [2.24, 2.45) is 0 Å². The Morgan fingerprint density at radius 2 is 1.92 bits per heavy atom. The first kappa shape index (κ1) is 18.3. The standard InChI is InChI=1S/C18H28N4O2/c1-4-21(5-2)11-10-19-18(24)20-15-12-17(23)22(13-15)16-8-6-14(3)7-9-16/h6-9,15H,4-5,10-13H2,1-3H3,(H2,19,20,24). The van der Waals surface area contributed by atoms with E-state index in [1.165, 1.54) is 0 Å². The SMILES string of the molecule is CCN(CC)CCNC(=O)NC1CC(=O)N(c2ccc(C)cc2)C1. The number of likely N-dealkylation sites (N-methyl/N-ethyl adjacent to an activating group) is 1. The number of benzene rings is 1. The lowest BCUT2D eigenvalue weighted by molar-refractivity contribution is -0.117. The maximum absolute atomic E-state index is 12.2. The lowest BCUT2D eigenvalue weighted by Gasteiger charge is -2.19. The third-order valence-corrected chi connectivity index (χ3v) is 4.41. The number of rotatable bonds is 7. The van der Waals surface area contributed by atoms with Crippen LogP contribution in [0.5, 0.6) is 0 Å². The largest absolute Gasteiger partial charge is 0.337 e. The first-order valence-corrected chi connectivity index (χ1v) is 8.67. The molecule has 1 unspecified atom stereocenters. The molecular weight excluding hydrogens is 304 g/mol. The van der Waals surface area contributed by atoms with Crippen LogP contribution >= 0.6 is 0 Å². The molecule has 0 aromatic heterocycles. The zero-order valence-corrected chi connectivity index (χ0v) is 14.8. The molecule has 0 saturated carbocycles. The van der Waals surface area contributed by atoms with E-state index in [9.17, 15) is 9.59 Å². The maximum Gasteiger partial charge on any atom is 0.315 e. The van der Waals surface area contributed by atoms with E-state index in [-0.39, 0.29) is 18.0 Å². The number of aryl methyl sites for hydroxylation is 1. The Bertz CT molecular complexity index is 555. The molecule has 132 valence electrons. The van der Waals surface area contributed by atoms with Gasteiger partial charge in [0.1, 0.15) is 0 Å². The monoisotopic (exact) mass is 332 g/mol. The van der Waals surface area contributed by atoms with Crippen molar-refractivity contribution in [1.29, 1.82) is 0 Å². The average Bonchev–Trinajstić information content (AvgIpc) is 2.92. The highest BCUT2D eigenvalue weighted by molar-refractivity contribution is 5.96. The van der Waals surface area contributed by atoms with Crippen LogP contribution in [0.1, 0.15) is 25.8 Å². The zero-order valence-electron chi connectivity index (χ0n) is 14.8. The quantitative estimate of drug-likeness (QED) is 0.799. The van der Waals surface area contributed by atoms with Crippen LogP contribution in [0.4, 0.5) is 10.5 Å². The van der Waals surface area contributed by atoms with Crippen LogP contribution < -0.4 is 15.5 Å². The molecule has 1 saturated heterocycles. The maximum atomic E-state index is 12.2. The molecule has 1 fully saturated rings. The second-order valence-corrected chi connectivity index (χ2v) is 6.17. The van der Waals surface area contributed by atoms with E-state index in [0.29, 0.717) is 19.5 Å². The molecule has 1 heterocycles. The van der Waals surface area contributed by atoms with Crippen molar-refractivity contribution in [3.05, 3.63) is 29.8 Å². The second kappa shape index (κ2) is 8.68. The zero-order chi connectivity index (χ0) is 17.5. The van der Waals surface area contributed by atoms with Crippen LogP contribution in [0.25, 0.3) is 0 Å². The second-order valence-electron chi connectivity index (χ2n) is 6.17. The molecule has 3 amide bonds. The fourth-order valence-electron chi connectivity index (χ4n) is 2.88. The van der Waals surface area contributed by atoms with Gasteiger partial charge in [0.15, 0.2) is 0 Å². The van der Waals surface area contributed by atoms with E-state index in [2.05, 4.69) is 29.4 Å². The minimum absolute atomic E-state index is 0.0484. The van der Waals surface area contributed by atoms with E-state index in [1.807, 2.05) is 31.2 Å². The van der Waals surface area contributed by atoms with Gasteiger partial charge in [-0.25, -0.2) is 4.79 Å². The van der Waals surface area contributed by atoms with Crippen molar-refractivity contribution in [1.82, 2.24) is 15.5 Å². The molecular formula is C18H28N4O2. The van der Waals surface area contributed by atoms with Crippen LogP contribution in [-0.2, 0) is 4.79 Å². The van der Waals surface area contributed by atoms with E-state index in [0.717, 1.165) is 30.9 Å². The number of hydrogen-bond donors (Lipinski definition) is 2. The smallest absolute Gasteiger partial charge is 0.315 e. The number of hydrogen-bond acceptors (Lipinski definition) is 3. The van der Waals surface area contributed by atoms with Gasteiger partial charge in [-0.1, -0.05) is 31.5 Å². The van der Waals surface area contributed by atoms with Crippen LogP contribution in [0.15, 0.2) is 24.3 Å². The highest BCUT2D eigenvalue weighted by atomic mass is 16.2. The summed E-state index contributed by atoms with van der Waals surface area (Å²) in [6.45, 7) is 10.1. The lowest BCUT2D eigenvalue weighted by Crippen LogP contribution is -2.45. The van der Waals surface area contributed by atoms with Crippen LogP contribution in [-0.4, -0.2) is 55.6 Å². The number of amides is 3. The highest BCUT2D eigenvalue weighted by Gasteiger charge is 2.31. The number of nitrogens with one attached hydrogen (secondary N) is 2. The summed E-state index contributed by atoms with van der Waals surface area (Å²) in [5.74, 6) is 0.0484. The van der Waals surface area contributed by atoms with Crippen molar-refractivity contribution in [2.75, 3.05) is 37.6 Å². The first-order valence-electron chi connectivity index (χ1n) is 8.67. The third kappa shape index (κ3) is 4.96. The summed E-state index contributed by atoms with van der Waals surface area (Å²) in [6, 6.07) is 7.52. The summed E-state index contributed by atoms with van der Waals surface area (Å²) >= 11 is 0. The minimum Gasteiger partial charge on any atom is -0.337 e. The summed E-state index contributed by atoms with van der Waals surface area (Å²) in [7, 11) is 0. The molecule has 2 N–H and O–H groups in total. The molecule has 0 bridgehead atoms. The van der Waals surface area contributed by atoms with Gasteiger partial charge >= 0.3 is 6.03 Å². The summed E-state index contributed by atoms with van der Waals surface area (Å²) in [5, 5.41) is 5.76. The molecule has 1 aliphatic rings. The van der Waals surface area contributed by atoms with Gasteiger partial charge in [-0.15, -0.1) is 0 Å². The van der Waals surface area contributed by atoms with Crippen molar-refractivity contribution in [3.63, 3.8) is 0 Å². The van der Waals surface area contributed by atoms with Crippen LogP contribution in [0.3, 0.4) is 0 Å². The van der Waals surface area contributed by atoms with Gasteiger partial charge in [-0.05, 0) is 32.1 Å². The van der Waals surface area contributed by atoms with Crippen LogP contribution in [0, 0.1) is 6.92 Å². The van der Waals surface area contributed by atoms with Crippen molar-refractivity contribution in [3.8, 4) is 0 Å². The molecule has 24 heavy (non-hydrogen) atoms. The average molecular weight is 332 g/mol. The normalized spacial score (nSPS) is 17.4. The van der Waals surface area contributed by atoms with Crippen molar-refractivity contribution < 1.29 is 9.59 Å². The Kier molecular flexibility index (Phi) is 6.61. The van der Waals surface area contributed by atoms with Gasteiger partial charge in [0.05, 0.1) is 6.04 Å². The Labute approximate surface area is 144 Å². The highest BCUT2D eigenvalue weighted by Crippen LogP contribution is 2.21. The molecule has 1 aromatic rings. The van der Waals surface area contributed by atoms with Crippen molar-refractivity contribution in [2.45, 2.75) is 33.2 Å². The predicted octanol–water partition coefficient (Wildman–Crippen LogP) is 1.74. The van der Waals surface area contributed by atoms with E-state index < -0.39 is 0 Å². The van der Waals surface area contributed by atoms with Gasteiger partial charge < -0.3 is 20.4 Å². The molecule has 1 aliphatic heterocycles. The third-order valence-electron chi connectivity index (χ3n) is 4.41. The molecule has 1 atom stereocenters. The molecule has 6 nitrogen and oxygen atoms in total. The first-order chi connectivity index (χ1) is 11.5. The minimum atomic E-state index is -0.203. The molecule has 0 radical (unpaired) electrons. The van der Waals surface area contributed by atoms with E-state index >= 15 is 0 Å². The number of carbonyl (C=O) groups excluding carboxylic acids is 2. The Hall–Kier alpha value is -2.08. The summed E-state index contributed by atoms with van der Waals surface area (Å²) in [5.41, 5.74) is 2.05. The fourth-order valence-corrected chi connectivity index (χ4v) is 2.88. The number of anilines is 1. The summed E-state index contributed by atoms with van der Waals surface area (Å²) < 4.78 is 0. The predicted molar refractivity (Wildman–Crippen MR) is 96.3 cm³/mol. The van der Waals surface area contributed by atoms with E-state index in [1.54, 1.807) is 4.90 Å². The summed E-state index contributed by atoms with van der Waals surface area (Å²) in [4.78, 5) is 28.1. The molecule has 1 aromatic carbocycles. The molecule has 2 rings (SSSR count). The van der Waals surface area contributed by atoms with Crippen molar-refractivity contribution >= 4 is 17.6 Å². The van der Waals surface area contributed by atoms with E-state index in [4.69, 9.17) is 0 Å². The fraction of sp³-hybridized carbons (Fsp3) is 0.556. The topological polar surface area (TPSA) is 64.7 Å². The number of carbonyl (C=O) groups is 2. The van der Waals surface area contributed by atoms with Gasteiger partial charge in [0.2, 0.25) is 5.91 Å². The van der Waals surface area contributed by atoms with Gasteiger partial charge in [0, 0.05) is 31.7 Å². The van der Waals surface area contributed by atoms with Crippen LogP contribution in [0.2, 0.25) is 0 Å². The number of urea groups is 1. The lowest BCUT2D eigenvalue weighted by atomic mass is 10.2. The van der Waals surface area contributed by atoms with Gasteiger partial charge in [-0.3, -0.25) is 4.79 Å². The van der Waals surface area contributed by atoms with Gasteiger partial charge in [0.25, 0.3) is 0 Å². The summed E-state index contributed by atoms with van der Waals surface area (Å²) in [6.07, 6.45) is 0.345. The Morgan fingerprint density at radius 3 is 2.54 bits per heavy atom. The Morgan fingerprint density at radius 1 is 1.25 bits per heavy atom. The molecule has 6 heteroatoms.